The summed E-state index contributed by atoms with van der Waals surface area (Å²) in [5, 5.41) is 0. The predicted molar refractivity (Wildman–Crippen MR) is 95.4 cm³/mol. The van der Waals surface area contributed by atoms with Crippen LogP contribution in [0.25, 0.3) is 0 Å². The first-order valence-corrected chi connectivity index (χ1v) is 8.75. The zero-order valence-electron chi connectivity index (χ0n) is 15.6. The number of likely N-dealkylation sites (N-methyl/N-ethyl adjacent to an activating group) is 1. The average Bonchev–Trinajstić information content (AvgIpc) is 2.63. The maximum atomic E-state index is 12.6. The van der Waals surface area contributed by atoms with Crippen molar-refractivity contribution in [3.8, 4) is 5.75 Å². The highest BCUT2D eigenvalue weighted by Crippen LogP contribution is 2.22. The van der Waals surface area contributed by atoms with E-state index < -0.39 is 5.97 Å². The second-order valence-corrected chi connectivity index (χ2v) is 6.36. The molecule has 2 rings (SSSR count). The van der Waals surface area contributed by atoms with Crippen molar-refractivity contribution in [1.29, 1.82) is 0 Å². The number of esters is 1. The Bertz CT molecular complexity index is 661. The summed E-state index contributed by atoms with van der Waals surface area (Å²) in [6.07, 6.45) is 0.826. The van der Waals surface area contributed by atoms with Gasteiger partial charge in [-0.05, 0) is 31.0 Å². The molecule has 0 N–H and O–H groups in total. The van der Waals surface area contributed by atoms with E-state index in [1.807, 2.05) is 24.3 Å². The summed E-state index contributed by atoms with van der Waals surface area (Å²) in [5.74, 6) is -0.110. The lowest BCUT2D eigenvalue weighted by atomic mass is 9.95. The third-order valence-corrected chi connectivity index (χ3v) is 4.40. The summed E-state index contributed by atoms with van der Waals surface area (Å²) < 4.78 is 10.1. The molecule has 0 aliphatic carbocycles. The Kier molecular flexibility index (Phi) is 7.00. The fraction of sp³-hybridized carbons (Fsp3) is 0.526. The molecule has 0 radical (unpaired) electrons. The van der Waals surface area contributed by atoms with Crippen LogP contribution in [0.1, 0.15) is 25.3 Å². The van der Waals surface area contributed by atoms with E-state index in [1.54, 1.807) is 26.0 Å². The van der Waals surface area contributed by atoms with Crippen LogP contribution in [0, 0.1) is 5.92 Å². The molecule has 1 atom stereocenters. The van der Waals surface area contributed by atoms with Gasteiger partial charge in [-0.3, -0.25) is 14.4 Å². The topological polar surface area (TPSA) is 76.2 Å². The maximum absolute atomic E-state index is 12.6. The number of piperidine rings is 1. The molecule has 1 unspecified atom stereocenters. The summed E-state index contributed by atoms with van der Waals surface area (Å²) in [7, 11) is 3.18. The van der Waals surface area contributed by atoms with E-state index in [2.05, 4.69) is 0 Å². The molecule has 1 saturated heterocycles. The van der Waals surface area contributed by atoms with Crippen molar-refractivity contribution in [2.24, 2.45) is 5.92 Å². The van der Waals surface area contributed by atoms with Crippen molar-refractivity contribution in [3.05, 3.63) is 29.8 Å². The fourth-order valence-corrected chi connectivity index (χ4v) is 3.05. The molecule has 7 nitrogen and oxygen atoms in total. The van der Waals surface area contributed by atoms with E-state index in [0.717, 1.165) is 11.3 Å². The fourth-order valence-electron chi connectivity index (χ4n) is 3.05. The molecule has 1 aliphatic heterocycles. The smallest absolute Gasteiger partial charge is 0.325 e. The van der Waals surface area contributed by atoms with Crippen molar-refractivity contribution in [3.63, 3.8) is 0 Å². The molecule has 1 heterocycles. The van der Waals surface area contributed by atoms with Gasteiger partial charge >= 0.3 is 5.97 Å². The van der Waals surface area contributed by atoms with Crippen molar-refractivity contribution >= 4 is 17.8 Å². The molecule has 0 spiro atoms. The zero-order valence-corrected chi connectivity index (χ0v) is 15.6. The highest BCUT2D eigenvalue weighted by molar-refractivity contribution is 5.86. The molecule has 1 aromatic carbocycles. The monoisotopic (exact) mass is 362 g/mol. The first-order valence-electron chi connectivity index (χ1n) is 8.75. The summed E-state index contributed by atoms with van der Waals surface area (Å²) in [6.45, 7) is 2.71. The number of amides is 2. The number of hydrogen-bond acceptors (Lipinski definition) is 5. The highest BCUT2D eigenvalue weighted by Gasteiger charge is 2.32. The van der Waals surface area contributed by atoms with E-state index in [4.69, 9.17) is 9.47 Å². The lowest BCUT2D eigenvalue weighted by Gasteiger charge is -2.33. The van der Waals surface area contributed by atoms with Crippen molar-refractivity contribution in [2.45, 2.75) is 26.3 Å². The third-order valence-electron chi connectivity index (χ3n) is 4.40. The molecule has 0 bridgehead atoms. The predicted octanol–water partition coefficient (Wildman–Crippen LogP) is 1.46. The minimum Gasteiger partial charge on any atom is -0.497 e. The summed E-state index contributed by atoms with van der Waals surface area (Å²) in [4.78, 5) is 39.5. The minimum absolute atomic E-state index is 0.0323. The van der Waals surface area contributed by atoms with Crippen molar-refractivity contribution in [1.82, 2.24) is 9.80 Å². The maximum Gasteiger partial charge on any atom is 0.325 e. The molecule has 1 fully saturated rings. The lowest BCUT2D eigenvalue weighted by molar-refractivity contribution is -0.151. The first-order chi connectivity index (χ1) is 12.4. The Morgan fingerprint density at radius 2 is 2.12 bits per heavy atom. The number of likely N-dealkylation sites (tertiary alicyclic amines) is 1. The van der Waals surface area contributed by atoms with E-state index in [9.17, 15) is 14.4 Å². The Labute approximate surface area is 153 Å². The van der Waals surface area contributed by atoms with Crippen LogP contribution in [0.5, 0.6) is 5.75 Å². The minimum atomic E-state index is -0.427. The van der Waals surface area contributed by atoms with Crippen LogP contribution in [0.2, 0.25) is 0 Å². The molecule has 142 valence electrons. The van der Waals surface area contributed by atoms with E-state index in [1.165, 1.54) is 4.90 Å². The van der Waals surface area contributed by atoms with Gasteiger partial charge in [0.2, 0.25) is 11.8 Å². The Hall–Kier alpha value is -2.57. The van der Waals surface area contributed by atoms with Gasteiger partial charge in [0.25, 0.3) is 0 Å². The van der Waals surface area contributed by atoms with Crippen LogP contribution < -0.4 is 4.74 Å². The first kappa shape index (κ1) is 19.8. The Balaban J connectivity index is 1.98. The second-order valence-electron chi connectivity index (χ2n) is 6.36. The molecule has 2 amide bonds. The highest BCUT2D eigenvalue weighted by atomic mass is 16.5. The lowest BCUT2D eigenvalue weighted by Crippen LogP contribution is -2.46. The number of methoxy groups -OCH3 is 1. The van der Waals surface area contributed by atoms with Crippen LogP contribution in [-0.2, 0) is 25.7 Å². The van der Waals surface area contributed by atoms with Gasteiger partial charge in [0.05, 0.1) is 19.6 Å². The van der Waals surface area contributed by atoms with Gasteiger partial charge in [-0.15, -0.1) is 0 Å². The normalized spacial score (nSPS) is 17.0. The number of hydrogen-bond donors (Lipinski definition) is 0. The second kappa shape index (κ2) is 9.22. The van der Waals surface area contributed by atoms with Crippen LogP contribution in [0.3, 0.4) is 0 Å². The molecule has 1 aromatic rings. The quantitative estimate of drug-likeness (QED) is 0.687. The third kappa shape index (κ3) is 5.21. The van der Waals surface area contributed by atoms with Crippen molar-refractivity contribution in [2.75, 3.05) is 33.9 Å². The van der Waals surface area contributed by atoms with E-state index >= 15 is 0 Å². The number of carbonyl (C=O) groups is 3. The molecule has 0 saturated carbocycles. The van der Waals surface area contributed by atoms with E-state index in [-0.39, 0.29) is 30.9 Å². The van der Waals surface area contributed by atoms with Gasteiger partial charge in [-0.2, -0.15) is 0 Å². The van der Waals surface area contributed by atoms with Gasteiger partial charge < -0.3 is 19.3 Å². The number of benzene rings is 1. The molecule has 0 aromatic heterocycles. The number of carbonyl (C=O) groups excluding carboxylic acids is 3. The van der Waals surface area contributed by atoms with Gasteiger partial charge in [-0.25, -0.2) is 0 Å². The number of nitrogens with zero attached hydrogens (tertiary/aromatic N) is 2. The standard InChI is InChI=1S/C19H26N2O5/c1-4-26-18(23)13-20(2)19(24)15-8-9-17(22)21(12-15)11-14-6-5-7-16(10-14)25-3/h5-7,10,15H,4,8-9,11-13H2,1-3H3. The molecule has 1 aliphatic rings. The largest absolute Gasteiger partial charge is 0.497 e. The van der Waals surface area contributed by atoms with Crippen LogP contribution in [0.15, 0.2) is 24.3 Å². The Morgan fingerprint density at radius 1 is 1.35 bits per heavy atom. The summed E-state index contributed by atoms with van der Waals surface area (Å²) in [5.41, 5.74) is 0.950. The van der Waals surface area contributed by atoms with Crippen LogP contribution in [-0.4, -0.2) is 61.4 Å². The Morgan fingerprint density at radius 3 is 2.81 bits per heavy atom. The molecular weight excluding hydrogens is 336 g/mol. The van der Waals surface area contributed by atoms with Gasteiger partial charge in [-0.1, -0.05) is 12.1 Å². The SMILES string of the molecule is CCOC(=O)CN(C)C(=O)C1CCC(=O)N(Cc2cccc(OC)c2)C1. The summed E-state index contributed by atoms with van der Waals surface area (Å²) >= 11 is 0. The van der Waals surface area contributed by atoms with E-state index in [0.29, 0.717) is 25.9 Å². The number of ether oxygens (including phenoxy) is 2. The van der Waals surface area contributed by atoms with Gasteiger partial charge in [0.15, 0.2) is 0 Å². The average molecular weight is 362 g/mol. The molecule has 7 heteroatoms. The number of rotatable bonds is 7. The van der Waals surface area contributed by atoms with Gasteiger partial charge in [0.1, 0.15) is 12.3 Å². The molecular formula is C19H26N2O5. The molecule has 26 heavy (non-hydrogen) atoms. The van der Waals surface area contributed by atoms with Gasteiger partial charge in [0, 0.05) is 26.6 Å². The van der Waals surface area contributed by atoms with Crippen LogP contribution in [0.4, 0.5) is 0 Å². The zero-order chi connectivity index (χ0) is 19.1. The van der Waals surface area contributed by atoms with Crippen LogP contribution >= 0.6 is 0 Å². The van der Waals surface area contributed by atoms with Crippen molar-refractivity contribution < 1.29 is 23.9 Å². The summed E-state index contributed by atoms with van der Waals surface area (Å²) in [6, 6.07) is 7.52.